The van der Waals surface area contributed by atoms with Crippen molar-refractivity contribution in [3.05, 3.63) is 40.9 Å². The first kappa shape index (κ1) is 16.0. The molecular formula is C15H17N3O3S. The Morgan fingerprint density at radius 1 is 1.27 bits per heavy atom. The van der Waals surface area contributed by atoms with E-state index in [1.165, 1.54) is 11.3 Å². The molecule has 0 saturated heterocycles. The minimum absolute atomic E-state index is 0.0747. The molecule has 116 valence electrons. The second kappa shape index (κ2) is 7.56. The van der Waals surface area contributed by atoms with Gasteiger partial charge in [-0.05, 0) is 24.6 Å². The third-order valence-electron chi connectivity index (χ3n) is 2.75. The van der Waals surface area contributed by atoms with Crippen molar-refractivity contribution in [3.8, 4) is 5.75 Å². The van der Waals surface area contributed by atoms with Crippen molar-refractivity contribution in [2.45, 2.75) is 19.8 Å². The van der Waals surface area contributed by atoms with E-state index in [2.05, 4.69) is 10.3 Å². The zero-order valence-corrected chi connectivity index (χ0v) is 13.0. The number of aromatic nitrogens is 1. The molecule has 7 heteroatoms. The lowest BCUT2D eigenvalue weighted by molar-refractivity contribution is -0.117. The zero-order valence-electron chi connectivity index (χ0n) is 12.2. The molecule has 0 bridgehead atoms. The van der Waals surface area contributed by atoms with E-state index in [1.807, 2.05) is 31.2 Å². The van der Waals surface area contributed by atoms with Gasteiger partial charge in [-0.15, -0.1) is 11.3 Å². The highest BCUT2D eigenvalue weighted by Crippen LogP contribution is 2.17. The molecule has 1 aromatic heterocycles. The maximum absolute atomic E-state index is 12.0. The van der Waals surface area contributed by atoms with Crippen molar-refractivity contribution in [1.82, 2.24) is 4.98 Å². The van der Waals surface area contributed by atoms with Crippen LogP contribution in [-0.2, 0) is 22.4 Å². The Hall–Kier alpha value is -2.41. The van der Waals surface area contributed by atoms with Gasteiger partial charge < -0.3 is 15.8 Å². The van der Waals surface area contributed by atoms with Crippen molar-refractivity contribution in [1.29, 1.82) is 0 Å². The molecule has 0 fully saturated rings. The van der Waals surface area contributed by atoms with Gasteiger partial charge in [0.1, 0.15) is 5.75 Å². The monoisotopic (exact) mass is 319 g/mol. The molecule has 1 aromatic carbocycles. The number of nitrogens with one attached hydrogen (secondary N) is 1. The summed E-state index contributed by atoms with van der Waals surface area (Å²) in [5.74, 6) is 0.171. The molecule has 2 aromatic rings. The largest absolute Gasteiger partial charge is 0.494 e. The average molecular weight is 319 g/mol. The van der Waals surface area contributed by atoms with E-state index in [1.54, 1.807) is 5.38 Å². The van der Waals surface area contributed by atoms with Crippen molar-refractivity contribution in [2.24, 2.45) is 5.73 Å². The second-order valence-electron chi connectivity index (χ2n) is 4.59. The topological polar surface area (TPSA) is 94.3 Å². The number of benzene rings is 1. The highest BCUT2D eigenvalue weighted by molar-refractivity contribution is 7.13. The second-order valence-corrected chi connectivity index (χ2v) is 5.45. The molecule has 2 amide bonds. The van der Waals surface area contributed by atoms with Crippen molar-refractivity contribution in [2.75, 3.05) is 11.9 Å². The first-order valence-corrected chi connectivity index (χ1v) is 7.69. The number of rotatable bonds is 7. The molecule has 22 heavy (non-hydrogen) atoms. The summed E-state index contributed by atoms with van der Waals surface area (Å²) in [7, 11) is 0. The van der Waals surface area contributed by atoms with Gasteiger partial charge in [-0.25, -0.2) is 4.98 Å². The van der Waals surface area contributed by atoms with Crippen molar-refractivity contribution < 1.29 is 14.3 Å². The van der Waals surface area contributed by atoms with Gasteiger partial charge in [-0.3, -0.25) is 9.59 Å². The molecule has 0 aliphatic rings. The van der Waals surface area contributed by atoms with Gasteiger partial charge in [0.25, 0.3) is 0 Å². The molecule has 0 saturated carbocycles. The fourth-order valence-electron chi connectivity index (χ4n) is 1.84. The molecule has 0 unspecified atom stereocenters. The van der Waals surface area contributed by atoms with Gasteiger partial charge in [-0.1, -0.05) is 12.1 Å². The minimum atomic E-state index is -0.447. The normalized spacial score (nSPS) is 10.2. The lowest BCUT2D eigenvalue weighted by Gasteiger charge is -2.05. The number of thiazole rings is 1. The van der Waals surface area contributed by atoms with Crippen LogP contribution in [-0.4, -0.2) is 23.4 Å². The number of anilines is 1. The SMILES string of the molecule is CCOc1ccc(CC(=O)Nc2nc(CC(N)=O)cs2)cc1. The number of nitrogens with zero attached hydrogens (tertiary/aromatic N) is 1. The Bertz CT molecular complexity index is 652. The summed E-state index contributed by atoms with van der Waals surface area (Å²) in [6.45, 7) is 2.53. The van der Waals surface area contributed by atoms with Gasteiger partial charge in [0.05, 0.1) is 25.1 Å². The smallest absolute Gasteiger partial charge is 0.230 e. The molecule has 0 spiro atoms. The molecule has 0 atom stereocenters. The number of carbonyl (C=O) groups is 2. The van der Waals surface area contributed by atoms with Crippen LogP contribution in [0.3, 0.4) is 0 Å². The third-order valence-corrected chi connectivity index (χ3v) is 3.56. The molecular weight excluding hydrogens is 302 g/mol. The zero-order chi connectivity index (χ0) is 15.9. The van der Waals surface area contributed by atoms with Crippen LogP contribution in [0.2, 0.25) is 0 Å². The maximum atomic E-state index is 12.0. The summed E-state index contributed by atoms with van der Waals surface area (Å²) in [6, 6.07) is 7.37. The van der Waals surface area contributed by atoms with Crippen LogP contribution in [0.5, 0.6) is 5.75 Å². The minimum Gasteiger partial charge on any atom is -0.494 e. The Morgan fingerprint density at radius 2 is 2.00 bits per heavy atom. The average Bonchev–Trinajstić information content (AvgIpc) is 2.87. The number of primary amides is 1. The fourth-order valence-corrected chi connectivity index (χ4v) is 2.57. The number of hydrogen-bond acceptors (Lipinski definition) is 5. The van der Waals surface area contributed by atoms with E-state index in [9.17, 15) is 9.59 Å². The number of nitrogens with two attached hydrogens (primary N) is 1. The van der Waals surface area contributed by atoms with Gasteiger partial charge in [0.2, 0.25) is 11.8 Å². The molecule has 6 nitrogen and oxygen atoms in total. The third kappa shape index (κ3) is 4.85. The molecule has 3 N–H and O–H groups in total. The standard InChI is InChI=1S/C15H17N3O3S/c1-2-21-12-5-3-10(4-6-12)7-14(20)18-15-17-11(9-22-15)8-13(16)19/h3-6,9H,2,7-8H2,1H3,(H2,16,19)(H,17,18,20). The molecule has 2 rings (SSSR count). The van der Waals surface area contributed by atoms with E-state index < -0.39 is 5.91 Å². The Balaban J connectivity index is 1.89. The van der Waals surface area contributed by atoms with Crippen LogP contribution in [0.15, 0.2) is 29.6 Å². The predicted molar refractivity (Wildman–Crippen MR) is 85.0 cm³/mol. The number of ether oxygens (including phenoxy) is 1. The van der Waals surface area contributed by atoms with E-state index in [4.69, 9.17) is 10.5 Å². The van der Waals surface area contributed by atoms with Crippen LogP contribution in [0.25, 0.3) is 0 Å². The van der Waals surface area contributed by atoms with E-state index >= 15 is 0 Å². The van der Waals surface area contributed by atoms with Crippen molar-refractivity contribution >= 4 is 28.3 Å². The Morgan fingerprint density at radius 3 is 2.64 bits per heavy atom. The predicted octanol–water partition coefficient (Wildman–Crippen LogP) is 1.75. The fraction of sp³-hybridized carbons (Fsp3) is 0.267. The number of carbonyl (C=O) groups excluding carboxylic acids is 2. The van der Waals surface area contributed by atoms with Gasteiger partial charge in [0.15, 0.2) is 5.13 Å². The maximum Gasteiger partial charge on any atom is 0.230 e. The summed E-state index contributed by atoms with van der Waals surface area (Å²) in [4.78, 5) is 26.9. The van der Waals surface area contributed by atoms with Gasteiger partial charge in [-0.2, -0.15) is 0 Å². The molecule has 0 aliphatic carbocycles. The quantitative estimate of drug-likeness (QED) is 0.813. The number of hydrogen-bond donors (Lipinski definition) is 2. The number of amides is 2. The summed E-state index contributed by atoms with van der Waals surface area (Å²) >= 11 is 1.27. The van der Waals surface area contributed by atoms with Gasteiger partial charge in [0, 0.05) is 5.38 Å². The molecule has 1 heterocycles. The summed E-state index contributed by atoms with van der Waals surface area (Å²) in [6.07, 6.45) is 0.322. The molecule has 0 radical (unpaired) electrons. The first-order valence-electron chi connectivity index (χ1n) is 6.81. The summed E-state index contributed by atoms with van der Waals surface area (Å²) in [5, 5.41) is 4.88. The van der Waals surface area contributed by atoms with Crippen molar-refractivity contribution in [3.63, 3.8) is 0 Å². The lowest BCUT2D eigenvalue weighted by Crippen LogP contribution is -2.15. The van der Waals surface area contributed by atoms with Crippen LogP contribution in [0, 0.1) is 0 Å². The van der Waals surface area contributed by atoms with E-state index in [0.29, 0.717) is 17.4 Å². The molecule has 0 aliphatic heterocycles. The van der Waals surface area contributed by atoms with E-state index in [-0.39, 0.29) is 18.7 Å². The van der Waals surface area contributed by atoms with Gasteiger partial charge >= 0.3 is 0 Å². The van der Waals surface area contributed by atoms with Crippen LogP contribution >= 0.6 is 11.3 Å². The summed E-state index contributed by atoms with van der Waals surface area (Å²) < 4.78 is 5.35. The first-order chi connectivity index (χ1) is 10.6. The van der Waals surface area contributed by atoms with E-state index in [0.717, 1.165) is 11.3 Å². The van der Waals surface area contributed by atoms with Crippen LogP contribution < -0.4 is 15.8 Å². The Kier molecular flexibility index (Phi) is 5.48. The summed E-state index contributed by atoms with van der Waals surface area (Å²) in [5.41, 5.74) is 6.55. The van der Waals surface area contributed by atoms with Crippen LogP contribution in [0.4, 0.5) is 5.13 Å². The lowest BCUT2D eigenvalue weighted by atomic mass is 10.1. The highest BCUT2D eigenvalue weighted by atomic mass is 32.1. The Labute approximate surface area is 132 Å². The highest BCUT2D eigenvalue weighted by Gasteiger charge is 2.09. The van der Waals surface area contributed by atoms with Crippen LogP contribution in [0.1, 0.15) is 18.2 Å².